The number of ether oxygens (including phenoxy) is 2. The van der Waals surface area contributed by atoms with E-state index in [1.807, 2.05) is 32.0 Å². The number of hydrogen-bond acceptors (Lipinski definition) is 4. The zero-order chi connectivity index (χ0) is 18.4. The standard InChI is InChI=1S/C19H21NO5/c1-4-24-17-10-14(5-6-16(17)25-11-18(21)22)19(23)20-15-8-12(2)7-13(3)9-15/h5-10H,4,11H2,1-3H3,(H,20,23)(H,21,22). The van der Waals surface area contributed by atoms with E-state index in [-0.39, 0.29) is 11.7 Å². The van der Waals surface area contributed by atoms with E-state index in [0.717, 1.165) is 11.1 Å². The van der Waals surface area contributed by atoms with Crippen LogP contribution < -0.4 is 14.8 Å². The molecule has 0 radical (unpaired) electrons. The molecule has 0 aliphatic rings. The minimum atomic E-state index is -1.08. The van der Waals surface area contributed by atoms with Crippen LogP contribution in [0.2, 0.25) is 0 Å². The maximum absolute atomic E-state index is 12.5. The first kappa shape index (κ1) is 18.3. The highest BCUT2D eigenvalue weighted by Crippen LogP contribution is 2.29. The minimum absolute atomic E-state index is 0.282. The van der Waals surface area contributed by atoms with Gasteiger partial charge >= 0.3 is 5.97 Å². The van der Waals surface area contributed by atoms with E-state index in [4.69, 9.17) is 14.6 Å². The maximum Gasteiger partial charge on any atom is 0.341 e. The Morgan fingerprint density at radius 1 is 1.00 bits per heavy atom. The number of benzene rings is 2. The number of amides is 1. The number of carbonyl (C=O) groups is 2. The molecule has 2 rings (SSSR count). The molecule has 0 saturated carbocycles. The van der Waals surface area contributed by atoms with Gasteiger partial charge in [-0.2, -0.15) is 0 Å². The summed E-state index contributed by atoms with van der Waals surface area (Å²) in [5.41, 5.74) is 3.22. The van der Waals surface area contributed by atoms with Crippen molar-refractivity contribution in [1.82, 2.24) is 0 Å². The lowest BCUT2D eigenvalue weighted by Crippen LogP contribution is -2.14. The van der Waals surface area contributed by atoms with Crippen molar-refractivity contribution in [3.63, 3.8) is 0 Å². The molecular formula is C19H21NO5. The second-order valence-electron chi connectivity index (χ2n) is 5.61. The van der Waals surface area contributed by atoms with E-state index in [9.17, 15) is 9.59 Å². The molecule has 6 heteroatoms. The number of rotatable bonds is 7. The Morgan fingerprint density at radius 3 is 2.28 bits per heavy atom. The summed E-state index contributed by atoms with van der Waals surface area (Å²) in [6, 6.07) is 10.4. The number of hydrogen-bond donors (Lipinski definition) is 2. The molecule has 0 spiro atoms. The molecule has 0 heterocycles. The summed E-state index contributed by atoms with van der Waals surface area (Å²) < 4.78 is 10.6. The van der Waals surface area contributed by atoms with Crippen molar-refractivity contribution in [2.24, 2.45) is 0 Å². The van der Waals surface area contributed by atoms with Gasteiger partial charge in [0.1, 0.15) is 0 Å². The average molecular weight is 343 g/mol. The number of aliphatic carboxylic acids is 1. The van der Waals surface area contributed by atoms with Gasteiger partial charge in [0.05, 0.1) is 6.61 Å². The van der Waals surface area contributed by atoms with E-state index >= 15 is 0 Å². The molecule has 0 atom stereocenters. The Labute approximate surface area is 146 Å². The summed E-state index contributed by atoms with van der Waals surface area (Å²) in [4.78, 5) is 23.1. The molecule has 25 heavy (non-hydrogen) atoms. The number of nitrogens with one attached hydrogen (secondary N) is 1. The number of carboxylic acid groups (broad SMARTS) is 1. The van der Waals surface area contributed by atoms with Crippen LogP contribution >= 0.6 is 0 Å². The molecule has 0 aromatic heterocycles. The first-order valence-corrected chi connectivity index (χ1v) is 7.90. The molecule has 132 valence electrons. The zero-order valence-corrected chi connectivity index (χ0v) is 14.5. The van der Waals surface area contributed by atoms with Crippen LogP contribution in [0.4, 0.5) is 5.69 Å². The molecule has 0 aliphatic heterocycles. The average Bonchev–Trinajstić information content (AvgIpc) is 2.52. The fourth-order valence-corrected chi connectivity index (χ4v) is 2.43. The van der Waals surface area contributed by atoms with Gasteiger partial charge in [-0.05, 0) is 62.2 Å². The van der Waals surface area contributed by atoms with E-state index in [1.54, 1.807) is 19.1 Å². The number of anilines is 1. The molecule has 0 fully saturated rings. The van der Waals surface area contributed by atoms with Crippen molar-refractivity contribution in [3.05, 3.63) is 53.1 Å². The van der Waals surface area contributed by atoms with Crippen LogP contribution in [-0.2, 0) is 4.79 Å². The quantitative estimate of drug-likeness (QED) is 0.805. The summed E-state index contributed by atoms with van der Waals surface area (Å²) in [7, 11) is 0. The lowest BCUT2D eigenvalue weighted by atomic mass is 10.1. The van der Waals surface area contributed by atoms with Gasteiger partial charge in [0, 0.05) is 11.3 Å². The van der Waals surface area contributed by atoms with Crippen molar-refractivity contribution in [2.45, 2.75) is 20.8 Å². The predicted molar refractivity (Wildman–Crippen MR) is 94.6 cm³/mol. The lowest BCUT2D eigenvalue weighted by Gasteiger charge is -2.13. The van der Waals surface area contributed by atoms with Gasteiger partial charge < -0.3 is 19.9 Å². The van der Waals surface area contributed by atoms with Gasteiger partial charge in [-0.1, -0.05) is 6.07 Å². The largest absolute Gasteiger partial charge is 0.490 e. The Balaban J connectivity index is 2.21. The molecule has 1 amide bonds. The van der Waals surface area contributed by atoms with Crippen molar-refractivity contribution in [2.75, 3.05) is 18.5 Å². The molecule has 2 aromatic carbocycles. The predicted octanol–water partition coefficient (Wildman–Crippen LogP) is 3.42. The Kier molecular flexibility index (Phi) is 6.00. The number of carboxylic acids is 1. The highest BCUT2D eigenvalue weighted by molar-refractivity contribution is 6.04. The highest BCUT2D eigenvalue weighted by Gasteiger charge is 2.13. The fourth-order valence-electron chi connectivity index (χ4n) is 2.43. The molecule has 0 aliphatic carbocycles. The Hall–Kier alpha value is -3.02. The van der Waals surface area contributed by atoms with Crippen molar-refractivity contribution in [3.8, 4) is 11.5 Å². The molecule has 0 bridgehead atoms. The minimum Gasteiger partial charge on any atom is -0.490 e. The summed E-state index contributed by atoms with van der Waals surface area (Å²) in [6.45, 7) is 5.61. The SMILES string of the molecule is CCOc1cc(C(=O)Nc2cc(C)cc(C)c2)ccc1OCC(=O)O. The maximum atomic E-state index is 12.5. The van der Waals surface area contributed by atoms with Gasteiger partial charge in [0.25, 0.3) is 5.91 Å². The molecule has 2 N–H and O–H groups in total. The van der Waals surface area contributed by atoms with Gasteiger partial charge in [-0.15, -0.1) is 0 Å². The molecule has 0 unspecified atom stereocenters. The van der Waals surface area contributed by atoms with Crippen LogP contribution in [0.15, 0.2) is 36.4 Å². The van der Waals surface area contributed by atoms with E-state index in [0.29, 0.717) is 23.6 Å². The first-order chi connectivity index (χ1) is 11.9. The van der Waals surface area contributed by atoms with Crippen molar-refractivity contribution < 1.29 is 24.2 Å². The van der Waals surface area contributed by atoms with Crippen LogP contribution in [0.3, 0.4) is 0 Å². The molecule has 2 aromatic rings. The van der Waals surface area contributed by atoms with E-state index < -0.39 is 12.6 Å². The summed E-state index contributed by atoms with van der Waals surface area (Å²) in [6.07, 6.45) is 0. The second kappa shape index (κ2) is 8.19. The van der Waals surface area contributed by atoms with E-state index in [2.05, 4.69) is 5.32 Å². The van der Waals surface area contributed by atoms with Gasteiger partial charge in [0.2, 0.25) is 0 Å². The van der Waals surface area contributed by atoms with Crippen LogP contribution in [-0.4, -0.2) is 30.2 Å². The summed E-state index contributed by atoms with van der Waals surface area (Å²) >= 11 is 0. The Morgan fingerprint density at radius 2 is 1.68 bits per heavy atom. The second-order valence-corrected chi connectivity index (χ2v) is 5.61. The van der Waals surface area contributed by atoms with Gasteiger partial charge in [-0.25, -0.2) is 4.79 Å². The van der Waals surface area contributed by atoms with E-state index in [1.165, 1.54) is 6.07 Å². The highest BCUT2D eigenvalue weighted by atomic mass is 16.5. The monoisotopic (exact) mass is 343 g/mol. The zero-order valence-electron chi connectivity index (χ0n) is 14.5. The summed E-state index contributed by atoms with van der Waals surface area (Å²) in [5, 5.41) is 11.6. The lowest BCUT2D eigenvalue weighted by molar-refractivity contribution is -0.139. The van der Waals surface area contributed by atoms with Crippen LogP contribution in [0, 0.1) is 13.8 Å². The van der Waals surface area contributed by atoms with Crippen LogP contribution in [0.5, 0.6) is 11.5 Å². The third kappa shape index (κ3) is 5.24. The molecule has 6 nitrogen and oxygen atoms in total. The van der Waals surface area contributed by atoms with Gasteiger partial charge in [0.15, 0.2) is 18.1 Å². The summed E-state index contributed by atoms with van der Waals surface area (Å²) in [5.74, 6) is -0.751. The molecule has 0 saturated heterocycles. The third-order valence-electron chi connectivity index (χ3n) is 3.34. The number of carbonyl (C=O) groups excluding carboxylic acids is 1. The smallest absolute Gasteiger partial charge is 0.341 e. The topological polar surface area (TPSA) is 84.9 Å². The first-order valence-electron chi connectivity index (χ1n) is 7.90. The van der Waals surface area contributed by atoms with Crippen molar-refractivity contribution >= 4 is 17.6 Å². The van der Waals surface area contributed by atoms with Crippen molar-refractivity contribution in [1.29, 1.82) is 0 Å². The Bertz CT molecular complexity index is 765. The number of aryl methyl sites for hydroxylation is 2. The third-order valence-corrected chi connectivity index (χ3v) is 3.34. The van der Waals surface area contributed by atoms with Crippen LogP contribution in [0.1, 0.15) is 28.4 Å². The van der Waals surface area contributed by atoms with Crippen LogP contribution in [0.25, 0.3) is 0 Å². The fraction of sp³-hybridized carbons (Fsp3) is 0.263. The molecular weight excluding hydrogens is 322 g/mol. The normalized spacial score (nSPS) is 10.2. The van der Waals surface area contributed by atoms with Gasteiger partial charge in [-0.3, -0.25) is 4.79 Å².